The Labute approximate surface area is 121 Å². The summed E-state index contributed by atoms with van der Waals surface area (Å²) in [5, 5.41) is 12.8. The number of rotatable bonds is 7. The summed E-state index contributed by atoms with van der Waals surface area (Å²) in [7, 11) is 0. The maximum atomic E-state index is 10.6. The van der Waals surface area contributed by atoms with Crippen molar-refractivity contribution >= 4 is 10.8 Å². The first-order chi connectivity index (χ1) is 9.76. The van der Waals surface area contributed by atoms with Gasteiger partial charge in [-0.25, -0.2) is 0 Å². The summed E-state index contributed by atoms with van der Waals surface area (Å²) in [6.07, 6.45) is 6.96. The van der Waals surface area contributed by atoms with Gasteiger partial charge >= 0.3 is 0 Å². The van der Waals surface area contributed by atoms with Gasteiger partial charge in [-0.3, -0.25) is 4.98 Å². The van der Waals surface area contributed by atoms with E-state index in [4.69, 9.17) is 0 Å². The molecular weight excluding hydrogens is 246 g/mol. The lowest BCUT2D eigenvalue weighted by molar-refractivity contribution is 0.136. The van der Waals surface area contributed by atoms with Gasteiger partial charge in [-0.15, -0.1) is 0 Å². The van der Waals surface area contributed by atoms with Crippen LogP contribution in [-0.4, -0.2) is 10.1 Å². The number of pyridine rings is 1. The molecule has 2 aromatic rings. The smallest absolute Gasteiger partial charge is 0.0968 e. The molecule has 0 radical (unpaired) electrons. The zero-order valence-electron chi connectivity index (χ0n) is 12.5. The van der Waals surface area contributed by atoms with Gasteiger partial charge in [-0.05, 0) is 23.8 Å². The van der Waals surface area contributed by atoms with E-state index in [9.17, 15) is 5.11 Å². The fourth-order valence-electron chi connectivity index (χ4n) is 2.82. The molecule has 2 nitrogen and oxygen atoms in total. The number of nitrogens with zero attached hydrogens (tertiary/aromatic N) is 1. The highest BCUT2D eigenvalue weighted by atomic mass is 16.3. The monoisotopic (exact) mass is 271 g/mol. The van der Waals surface area contributed by atoms with E-state index in [2.05, 4.69) is 24.9 Å². The molecule has 0 fully saturated rings. The minimum atomic E-state index is -0.456. The molecule has 0 saturated heterocycles. The Kier molecular flexibility index (Phi) is 5.54. The van der Waals surface area contributed by atoms with Crippen LogP contribution in [0.2, 0.25) is 0 Å². The standard InChI is InChI=1S/C18H25NO/c1-3-5-8-14(4-2)13-17(20)18-16-10-7-6-9-15(16)11-12-19-18/h6-7,9-12,14,17,20H,3-5,8,13H2,1-2H3. The molecule has 0 bridgehead atoms. The fraction of sp³-hybridized carbons (Fsp3) is 0.500. The number of aliphatic hydroxyl groups excluding tert-OH is 1. The van der Waals surface area contributed by atoms with E-state index in [1.807, 2.05) is 24.3 Å². The molecule has 108 valence electrons. The molecule has 0 spiro atoms. The first-order valence-corrected chi connectivity index (χ1v) is 7.78. The number of hydrogen-bond donors (Lipinski definition) is 1. The number of unbranched alkanes of at least 4 members (excludes halogenated alkanes) is 1. The molecule has 1 heterocycles. The lowest BCUT2D eigenvalue weighted by Crippen LogP contribution is -2.09. The van der Waals surface area contributed by atoms with Crippen LogP contribution >= 0.6 is 0 Å². The predicted octanol–water partition coefficient (Wildman–Crippen LogP) is 4.87. The largest absolute Gasteiger partial charge is 0.387 e. The highest BCUT2D eigenvalue weighted by molar-refractivity contribution is 5.84. The van der Waals surface area contributed by atoms with Gasteiger partial charge in [0.25, 0.3) is 0 Å². The van der Waals surface area contributed by atoms with Crippen molar-refractivity contribution in [1.82, 2.24) is 4.98 Å². The summed E-state index contributed by atoms with van der Waals surface area (Å²) in [5.41, 5.74) is 0.832. The fourth-order valence-corrected chi connectivity index (χ4v) is 2.82. The van der Waals surface area contributed by atoms with E-state index in [-0.39, 0.29) is 0 Å². The quantitative estimate of drug-likeness (QED) is 0.779. The molecule has 0 amide bonds. The Morgan fingerprint density at radius 3 is 2.70 bits per heavy atom. The lowest BCUT2D eigenvalue weighted by Gasteiger charge is -2.19. The van der Waals surface area contributed by atoms with Crippen LogP contribution < -0.4 is 0 Å². The molecule has 1 aromatic carbocycles. The molecule has 0 aliphatic heterocycles. The molecule has 0 saturated carbocycles. The molecule has 0 aliphatic rings. The van der Waals surface area contributed by atoms with Crippen molar-refractivity contribution in [2.45, 2.75) is 52.1 Å². The van der Waals surface area contributed by atoms with Crippen LogP contribution in [-0.2, 0) is 0 Å². The van der Waals surface area contributed by atoms with Crippen LogP contribution in [0.5, 0.6) is 0 Å². The highest BCUT2D eigenvalue weighted by Crippen LogP contribution is 2.29. The van der Waals surface area contributed by atoms with Crippen molar-refractivity contribution in [2.24, 2.45) is 5.92 Å². The zero-order chi connectivity index (χ0) is 14.4. The Hall–Kier alpha value is -1.41. The van der Waals surface area contributed by atoms with Crippen molar-refractivity contribution < 1.29 is 5.11 Å². The summed E-state index contributed by atoms with van der Waals surface area (Å²) in [4.78, 5) is 4.42. The normalized spacial score (nSPS) is 14.3. The molecular formula is C18H25NO. The van der Waals surface area contributed by atoms with Crippen molar-refractivity contribution in [1.29, 1.82) is 0 Å². The lowest BCUT2D eigenvalue weighted by atomic mass is 9.91. The SMILES string of the molecule is CCCCC(CC)CC(O)c1nccc2ccccc12. The van der Waals surface area contributed by atoms with Crippen molar-refractivity contribution in [3.63, 3.8) is 0 Å². The molecule has 20 heavy (non-hydrogen) atoms. The van der Waals surface area contributed by atoms with E-state index < -0.39 is 6.10 Å². The molecule has 2 rings (SSSR count). The average Bonchev–Trinajstić information content (AvgIpc) is 2.50. The Balaban J connectivity index is 2.16. The maximum absolute atomic E-state index is 10.6. The molecule has 2 heteroatoms. The van der Waals surface area contributed by atoms with Crippen LogP contribution in [0.1, 0.15) is 57.7 Å². The molecule has 1 N–H and O–H groups in total. The topological polar surface area (TPSA) is 33.1 Å². The Bertz CT molecular complexity index is 532. The molecule has 2 atom stereocenters. The van der Waals surface area contributed by atoms with Gasteiger partial charge in [-0.2, -0.15) is 0 Å². The summed E-state index contributed by atoms with van der Waals surface area (Å²) in [6, 6.07) is 10.2. The van der Waals surface area contributed by atoms with Crippen LogP contribution in [0, 0.1) is 5.92 Å². The van der Waals surface area contributed by atoms with Gasteiger partial charge in [0.1, 0.15) is 0 Å². The van der Waals surface area contributed by atoms with Gasteiger partial charge in [0, 0.05) is 11.6 Å². The minimum Gasteiger partial charge on any atom is -0.387 e. The maximum Gasteiger partial charge on any atom is 0.0968 e. The first-order valence-electron chi connectivity index (χ1n) is 7.78. The molecule has 0 aliphatic carbocycles. The van der Waals surface area contributed by atoms with Crippen molar-refractivity contribution in [3.8, 4) is 0 Å². The second kappa shape index (κ2) is 7.39. The first kappa shape index (κ1) is 15.0. The summed E-state index contributed by atoms with van der Waals surface area (Å²) < 4.78 is 0. The number of fused-ring (bicyclic) bond motifs is 1. The molecule has 1 aromatic heterocycles. The second-order valence-electron chi connectivity index (χ2n) is 5.59. The van der Waals surface area contributed by atoms with E-state index in [0.717, 1.165) is 29.3 Å². The summed E-state index contributed by atoms with van der Waals surface area (Å²) in [5.74, 6) is 0.589. The average molecular weight is 271 g/mol. The number of aliphatic hydroxyl groups is 1. The van der Waals surface area contributed by atoms with Gasteiger partial charge in [0.15, 0.2) is 0 Å². The second-order valence-corrected chi connectivity index (χ2v) is 5.59. The zero-order valence-corrected chi connectivity index (χ0v) is 12.5. The van der Waals surface area contributed by atoms with E-state index in [1.165, 1.54) is 19.3 Å². The highest BCUT2D eigenvalue weighted by Gasteiger charge is 2.17. The van der Waals surface area contributed by atoms with Crippen LogP contribution in [0.15, 0.2) is 36.5 Å². The number of hydrogen-bond acceptors (Lipinski definition) is 2. The third-order valence-electron chi connectivity index (χ3n) is 4.12. The third-order valence-corrected chi connectivity index (χ3v) is 4.12. The van der Waals surface area contributed by atoms with Gasteiger partial charge < -0.3 is 5.11 Å². The van der Waals surface area contributed by atoms with Gasteiger partial charge in [0.2, 0.25) is 0 Å². The number of benzene rings is 1. The third kappa shape index (κ3) is 3.57. The van der Waals surface area contributed by atoms with Crippen molar-refractivity contribution in [3.05, 3.63) is 42.2 Å². The summed E-state index contributed by atoms with van der Waals surface area (Å²) >= 11 is 0. The van der Waals surface area contributed by atoms with Crippen LogP contribution in [0.4, 0.5) is 0 Å². The minimum absolute atomic E-state index is 0.456. The van der Waals surface area contributed by atoms with E-state index in [1.54, 1.807) is 6.20 Å². The van der Waals surface area contributed by atoms with E-state index in [0.29, 0.717) is 5.92 Å². The number of aromatic nitrogens is 1. The molecule has 2 unspecified atom stereocenters. The summed E-state index contributed by atoms with van der Waals surface area (Å²) in [6.45, 7) is 4.43. The van der Waals surface area contributed by atoms with Crippen LogP contribution in [0.25, 0.3) is 10.8 Å². The van der Waals surface area contributed by atoms with E-state index >= 15 is 0 Å². The van der Waals surface area contributed by atoms with Gasteiger partial charge in [0.05, 0.1) is 11.8 Å². The van der Waals surface area contributed by atoms with Gasteiger partial charge in [-0.1, -0.05) is 63.8 Å². The van der Waals surface area contributed by atoms with Crippen LogP contribution in [0.3, 0.4) is 0 Å². The Morgan fingerprint density at radius 2 is 1.95 bits per heavy atom. The van der Waals surface area contributed by atoms with Crippen molar-refractivity contribution in [2.75, 3.05) is 0 Å². The predicted molar refractivity (Wildman–Crippen MR) is 84.6 cm³/mol. The Morgan fingerprint density at radius 1 is 1.15 bits per heavy atom.